The highest BCUT2D eigenvalue weighted by Crippen LogP contribution is 2.23. The van der Waals surface area contributed by atoms with Crippen LogP contribution in [0.4, 0.5) is 0 Å². The molecule has 1 amide bonds. The zero-order valence-corrected chi connectivity index (χ0v) is 13.4. The van der Waals surface area contributed by atoms with Crippen LogP contribution in [0.15, 0.2) is 46.1 Å². The van der Waals surface area contributed by atoms with Gasteiger partial charge in [0.05, 0.1) is 13.1 Å². The van der Waals surface area contributed by atoms with Crippen molar-refractivity contribution in [1.82, 2.24) is 14.5 Å². The molecule has 7 heteroatoms. The minimum atomic E-state index is -0.582. The maximum absolute atomic E-state index is 12.2. The first-order valence-corrected chi connectivity index (χ1v) is 7.89. The number of ether oxygens (including phenoxy) is 1. The van der Waals surface area contributed by atoms with E-state index in [1.54, 1.807) is 4.90 Å². The van der Waals surface area contributed by atoms with Crippen molar-refractivity contribution in [2.75, 3.05) is 13.1 Å². The van der Waals surface area contributed by atoms with Gasteiger partial charge in [0, 0.05) is 12.3 Å². The molecule has 1 aromatic carbocycles. The van der Waals surface area contributed by atoms with E-state index in [4.69, 9.17) is 4.74 Å². The predicted octanol–water partition coefficient (Wildman–Crippen LogP) is 0.389. The summed E-state index contributed by atoms with van der Waals surface area (Å²) in [6, 6.07) is 9.09. The fraction of sp³-hybridized carbons (Fsp3) is 0.353. The lowest BCUT2D eigenvalue weighted by Gasteiger charge is -2.39. The van der Waals surface area contributed by atoms with Gasteiger partial charge in [0.15, 0.2) is 0 Å². The van der Waals surface area contributed by atoms with E-state index in [0.29, 0.717) is 13.1 Å². The van der Waals surface area contributed by atoms with Gasteiger partial charge in [-0.25, -0.2) is 4.79 Å². The highest BCUT2D eigenvalue weighted by molar-refractivity contribution is 5.77. The zero-order valence-electron chi connectivity index (χ0n) is 13.4. The number of aryl methyl sites for hydroxylation is 1. The van der Waals surface area contributed by atoms with E-state index in [1.165, 1.54) is 16.8 Å². The van der Waals surface area contributed by atoms with Crippen molar-refractivity contribution < 1.29 is 9.53 Å². The average molecular weight is 329 g/mol. The number of carbonyl (C=O) groups is 1. The molecule has 24 heavy (non-hydrogen) atoms. The molecule has 3 rings (SSSR count). The number of para-hydroxylation sites is 1. The van der Waals surface area contributed by atoms with Crippen LogP contribution in [-0.4, -0.2) is 39.6 Å². The molecule has 0 unspecified atom stereocenters. The Morgan fingerprint density at radius 1 is 1.25 bits per heavy atom. The molecule has 0 atom stereocenters. The van der Waals surface area contributed by atoms with Gasteiger partial charge < -0.3 is 9.64 Å². The van der Waals surface area contributed by atoms with E-state index in [1.807, 2.05) is 24.3 Å². The number of aromatic nitrogens is 2. The molecule has 1 aliphatic heterocycles. The van der Waals surface area contributed by atoms with E-state index >= 15 is 0 Å². The maximum Gasteiger partial charge on any atom is 0.328 e. The highest BCUT2D eigenvalue weighted by Gasteiger charge is 2.32. The lowest BCUT2D eigenvalue weighted by molar-refractivity contribution is -0.140. The normalized spacial score (nSPS) is 14.3. The van der Waals surface area contributed by atoms with E-state index < -0.39 is 11.2 Å². The second kappa shape index (κ2) is 6.74. The quantitative estimate of drug-likeness (QED) is 0.860. The van der Waals surface area contributed by atoms with Gasteiger partial charge in [-0.1, -0.05) is 25.1 Å². The number of amides is 1. The SMILES string of the molecule is CCc1ccccc1OC1CN(C(=O)Cn2ccc(=O)[nH]c2=O)C1. The summed E-state index contributed by atoms with van der Waals surface area (Å²) in [4.78, 5) is 38.5. The van der Waals surface area contributed by atoms with Gasteiger partial charge >= 0.3 is 5.69 Å². The Morgan fingerprint density at radius 2 is 2.00 bits per heavy atom. The van der Waals surface area contributed by atoms with Crippen molar-refractivity contribution in [2.45, 2.75) is 26.0 Å². The fourth-order valence-electron chi connectivity index (χ4n) is 2.62. The number of aromatic amines is 1. The Balaban J connectivity index is 1.55. The summed E-state index contributed by atoms with van der Waals surface area (Å²) in [6.45, 7) is 2.97. The number of nitrogens with zero attached hydrogens (tertiary/aromatic N) is 2. The molecule has 0 spiro atoms. The van der Waals surface area contributed by atoms with Crippen LogP contribution >= 0.6 is 0 Å². The molecule has 0 saturated carbocycles. The summed E-state index contributed by atoms with van der Waals surface area (Å²) in [7, 11) is 0. The topological polar surface area (TPSA) is 84.4 Å². The van der Waals surface area contributed by atoms with Crippen LogP contribution in [0.2, 0.25) is 0 Å². The first-order chi connectivity index (χ1) is 11.6. The lowest BCUT2D eigenvalue weighted by atomic mass is 10.1. The van der Waals surface area contributed by atoms with E-state index in [9.17, 15) is 14.4 Å². The van der Waals surface area contributed by atoms with Gasteiger partial charge in [0.1, 0.15) is 18.4 Å². The third-order valence-electron chi connectivity index (χ3n) is 4.05. The van der Waals surface area contributed by atoms with Gasteiger partial charge in [-0.05, 0) is 18.1 Å². The summed E-state index contributed by atoms with van der Waals surface area (Å²) in [5, 5.41) is 0. The van der Waals surface area contributed by atoms with Crippen molar-refractivity contribution >= 4 is 5.91 Å². The molecule has 0 bridgehead atoms. The standard InChI is InChI=1S/C17H19N3O4/c1-2-12-5-3-4-6-14(12)24-13-9-20(10-13)16(22)11-19-8-7-15(21)18-17(19)23/h3-8,13H,2,9-11H2,1H3,(H,18,21,23). The predicted molar refractivity (Wildman–Crippen MR) is 88.1 cm³/mol. The molecule has 1 aliphatic rings. The van der Waals surface area contributed by atoms with Crippen molar-refractivity contribution in [3.05, 3.63) is 62.9 Å². The third-order valence-corrected chi connectivity index (χ3v) is 4.05. The lowest BCUT2D eigenvalue weighted by Crippen LogP contribution is -2.57. The Labute approximate surface area is 138 Å². The summed E-state index contributed by atoms with van der Waals surface area (Å²) in [6.07, 6.45) is 2.18. The van der Waals surface area contributed by atoms with Crippen molar-refractivity contribution in [2.24, 2.45) is 0 Å². The number of benzene rings is 1. The van der Waals surface area contributed by atoms with Crippen molar-refractivity contribution in [1.29, 1.82) is 0 Å². The molecule has 1 N–H and O–H groups in total. The van der Waals surface area contributed by atoms with Gasteiger partial charge in [0.2, 0.25) is 5.91 Å². The zero-order chi connectivity index (χ0) is 17.1. The maximum atomic E-state index is 12.2. The van der Waals surface area contributed by atoms with Crippen LogP contribution in [0.3, 0.4) is 0 Å². The molecule has 7 nitrogen and oxygen atoms in total. The summed E-state index contributed by atoms with van der Waals surface area (Å²) in [5.74, 6) is 0.682. The smallest absolute Gasteiger partial charge is 0.328 e. The average Bonchev–Trinajstić information content (AvgIpc) is 2.53. The number of nitrogens with one attached hydrogen (secondary N) is 1. The van der Waals surface area contributed by atoms with Crippen LogP contribution < -0.4 is 16.0 Å². The second-order valence-electron chi connectivity index (χ2n) is 5.74. The number of carbonyl (C=O) groups excluding carboxylic acids is 1. The fourth-order valence-corrected chi connectivity index (χ4v) is 2.62. The third kappa shape index (κ3) is 3.40. The van der Waals surface area contributed by atoms with E-state index in [2.05, 4.69) is 11.9 Å². The molecule has 0 aliphatic carbocycles. The summed E-state index contributed by atoms with van der Waals surface area (Å²) in [5.41, 5.74) is 0.0822. The Bertz CT molecular complexity index is 849. The molecule has 126 valence electrons. The second-order valence-corrected chi connectivity index (χ2v) is 5.74. The summed E-state index contributed by atoms with van der Waals surface area (Å²) >= 11 is 0. The monoisotopic (exact) mass is 329 g/mol. The first-order valence-electron chi connectivity index (χ1n) is 7.89. The molecular weight excluding hydrogens is 310 g/mol. The molecule has 2 heterocycles. The highest BCUT2D eigenvalue weighted by atomic mass is 16.5. The van der Waals surface area contributed by atoms with Crippen LogP contribution in [0.1, 0.15) is 12.5 Å². The first kappa shape index (κ1) is 16.0. The number of H-pyrrole nitrogens is 1. The molecule has 1 fully saturated rings. The van der Waals surface area contributed by atoms with E-state index in [0.717, 1.165) is 17.7 Å². The molecular formula is C17H19N3O4. The van der Waals surface area contributed by atoms with Crippen molar-refractivity contribution in [3.8, 4) is 5.75 Å². The number of hydrogen-bond donors (Lipinski definition) is 1. The van der Waals surface area contributed by atoms with E-state index in [-0.39, 0.29) is 18.6 Å². The Kier molecular flexibility index (Phi) is 4.50. The molecule has 1 aromatic heterocycles. The number of likely N-dealkylation sites (tertiary alicyclic amines) is 1. The number of rotatable bonds is 5. The molecule has 2 aromatic rings. The minimum absolute atomic E-state index is 0.0334. The largest absolute Gasteiger partial charge is 0.486 e. The molecule has 1 saturated heterocycles. The van der Waals surface area contributed by atoms with Gasteiger partial charge in [-0.15, -0.1) is 0 Å². The summed E-state index contributed by atoms with van der Waals surface area (Å²) < 4.78 is 7.12. The minimum Gasteiger partial charge on any atom is -0.486 e. The van der Waals surface area contributed by atoms with Crippen LogP contribution in [0.5, 0.6) is 5.75 Å². The van der Waals surface area contributed by atoms with Crippen LogP contribution in [0, 0.1) is 0 Å². The molecule has 0 radical (unpaired) electrons. The number of hydrogen-bond acceptors (Lipinski definition) is 4. The Hall–Kier alpha value is -2.83. The Morgan fingerprint density at radius 3 is 2.71 bits per heavy atom. The van der Waals surface area contributed by atoms with Crippen LogP contribution in [-0.2, 0) is 17.8 Å². The van der Waals surface area contributed by atoms with Gasteiger partial charge in [-0.2, -0.15) is 0 Å². The van der Waals surface area contributed by atoms with Crippen LogP contribution in [0.25, 0.3) is 0 Å². The van der Waals surface area contributed by atoms with Crippen molar-refractivity contribution in [3.63, 3.8) is 0 Å². The van der Waals surface area contributed by atoms with Gasteiger partial charge in [-0.3, -0.25) is 19.1 Å². The van der Waals surface area contributed by atoms with Gasteiger partial charge in [0.25, 0.3) is 5.56 Å².